The summed E-state index contributed by atoms with van der Waals surface area (Å²) >= 11 is 0. The molecule has 0 bridgehead atoms. The summed E-state index contributed by atoms with van der Waals surface area (Å²) in [6, 6.07) is 26.4. The highest BCUT2D eigenvalue weighted by molar-refractivity contribution is 5.91. The Bertz CT molecular complexity index is 1520. The molecule has 0 atom stereocenters. The Labute approximate surface area is 215 Å². The molecule has 5 nitrogen and oxygen atoms in total. The van der Waals surface area contributed by atoms with E-state index in [9.17, 15) is 19.4 Å². The standard InChI is InChI=1S/C29H22FNO4.C2H6/c30-23-4-2-6-26(16-23)35-25-10-7-19(8-11-25)17-31-18-22(15-29(33)34)27-12-9-21(14-28(27)31)20-3-1-5-24(32)13-20;1-2/h1-14,16,18,32H,15,17H2,(H,33,34);1-2H3. The van der Waals surface area contributed by atoms with Crippen LogP contribution >= 0.6 is 0 Å². The van der Waals surface area contributed by atoms with Gasteiger partial charge in [-0.25, -0.2) is 4.39 Å². The van der Waals surface area contributed by atoms with Gasteiger partial charge in [-0.05, 0) is 64.7 Å². The van der Waals surface area contributed by atoms with Crippen molar-refractivity contribution in [3.63, 3.8) is 0 Å². The van der Waals surface area contributed by atoms with Crippen LogP contribution in [0, 0.1) is 5.82 Å². The van der Waals surface area contributed by atoms with Crippen LogP contribution in [0.3, 0.4) is 0 Å². The molecule has 0 aliphatic rings. The van der Waals surface area contributed by atoms with Gasteiger partial charge in [0.25, 0.3) is 0 Å². The second-order valence-corrected chi connectivity index (χ2v) is 8.34. The van der Waals surface area contributed by atoms with E-state index in [1.165, 1.54) is 12.1 Å². The van der Waals surface area contributed by atoms with E-state index in [0.717, 1.165) is 33.2 Å². The zero-order chi connectivity index (χ0) is 26.4. The van der Waals surface area contributed by atoms with E-state index in [1.54, 1.807) is 30.3 Å². The number of nitrogens with zero attached hydrogens (tertiary/aromatic N) is 1. The second kappa shape index (κ2) is 11.4. The Hall–Kier alpha value is -4.58. The van der Waals surface area contributed by atoms with E-state index >= 15 is 0 Å². The number of fused-ring (bicyclic) bond motifs is 1. The monoisotopic (exact) mass is 497 g/mol. The molecule has 0 saturated heterocycles. The van der Waals surface area contributed by atoms with Crippen LogP contribution in [-0.2, 0) is 17.8 Å². The van der Waals surface area contributed by atoms with E-state index in [0.29, 0.717) is 18.0 Å². The molecule has 6 heteroatoms. The second-order valence-electron chi connectivity index (χ2n) is 8.34. The fourth-order valence-electron chi connectivity index (χ4n) is 4.19. The molecule has 0 radical (unpaired) electrons. The molecule has 37 heavy (non-hydrogen) atoms. The minimum Gasteiger partial charge on any atom is -0.508 e. The topological polar surface area (TPSA) is 71.7 Å². The zero-order valence-corrected chi connectivity index (χ0v) is 20.7. The fourth-order valence-corrected chi connectivity index (χ4v) is 4.19. The Balaban J connectivity index is 0.00000156. The summed E-state index contributed by atoms with van der Waals surface area (Å²) in [4.78, 5) is 11.4. The van der Waals surface area contributed by atoms with E-state index in [1.807, 2.05) is 73.1 Å². The Morgan fingerprint density at radius 2 is 1.59 bits per heavy atom. The molecule has 0 fully saturated rings. The summed E-state index contributed by atoms with van der Waals surface area (Å²) in [6.45, 7) is 4.53. The predicted octanol–water partition coefficient (Wildman–Crippen LogP) is 7.65. The van der Waals surface area contributed by atoms with Gasteiger partial charge in [0.2, 0.25) is 0 Å². The quantitative estimate of drug-likeness (QED) is 0.242. The largest absolute Gasteiger partial charge is 0.508 e. The van der Waals surface area contributed by atoms with Crippen molar-refractivity contribution in [2.24, 2.45) is 0 Å². The van der Waals surface area contributed by atoms with Gasteiger partial charge in [-0.3, -0.25) is 4.79 Å². The summed E-state index contributed by atoms with van der Waals surface area (Å²) in [7, 11) is 0. The summed E-state index contributed by atoms with van der Waals surface area (Å²) < 4.78 is 21.2. The maximum absolute atomic E-state index is 13.4. The normalized spacial score (nSPS) is 10.6. The van der Waals surface area contributed by atoms with Crippen LogP contribution in [-0.4, -0.2) is 20.7 Å². The van der Waals surface area contributed by atoms with Crippen molar-refractivity contribution in [1.29, 1.82) is 0 Å². The lowest BCUT2D eigenvalue weighted by Gasteiger charge is -2.10. The number of carboxylic acids is 1. The first-order chi connectivity index (χ1) is 17.9. The molecule has 1 heterocycles. The van der Waals surface area contributed by atoms with Crippen molar-refractivity contribution in [2.45, 2.75) is 26.8 Å². The Morgan fingerprint density at radius 3 is 2.30 bits per heavy atom. The zero-order valence-electron chi connectivity index (χ0n) is 20.7. The van der Waals surface area contributed by atoms with E-state index in [2.05, 4.69) is 0 Å². The lowest BCUT2D eigenvalue weighted by atomic mass is 10.0. The number of phenols is 1. The predicted molar refractivity (Wildman–Crippen MR) is 144 cm³/mol. The molecule has 0 aliphatic carbocycles. The Kier molecular flexibility index (Phi) is 7.89. The number of hydrogen-bond donors (Lipinski definition) is 2. The molecule has 0 saturated carbocycles. The minimum atomic E-state index is -0.889. The number of aliphatic carboxylic acids is 1. The van der Waals surface area contributed by atoms with Crippen LogP contribution in [0.5, 0.6) is 17.2 Å². The number of rotatable bonds is 7. The van der Waals surface area contributed by atoms with Gasteiger partial charge < -0.3 is 19.5 Å². The number of aromatic nitrogens is 1. The maximum Gasteiger partial charge on any atom is 0.307 e. The average molecular weight is 498 g/mol. The van der Waals surface area contributed by atoms with Gasteiger partial charge in [0.05, 0.1) is 6.42 Å². The van der Waals surface area contributed by atoms with Gasteiger partial charge in [0.1, 0.15) is 23.1 Å². The first-order valence-corrected chi connectivity index (χ1v) is 12.1. The van der Waals surface area contributed by atoms with Crippen molar-refractivity contribution in [3.8, 4) is 28.4 Å². The molecule has 5 rings (SSSR count). The molecule has 0 aliphatic heterocycles. The number of benzene rings is 4. The fraction of sp³-hybridized carbons (Fsp3) is 0.129. The number of aromatic hydroxyl groups is 1. The molecule has 2 N–H and O–H groups in total. The van der Waals surface area contributed by atoms with E-state index < -0.39 is 5.97 Å². The number of ether oxygens (including phenoxy) is 1. The number of carbonyl (C=O) groups is 1. The third-order valence-corrected chi connectivity index (χ3v) is 5.79. The third-order valence-electron chi connectivity index (χ3n) is 5.79. The van der Waals surface area contributed by atoms with E-state index in [-0.39, 0.29) is 18.0 Å². The SMILES string of the molecule is CC.O=C(O)Cc1cn(Cc2ccc(Oc3cccc(F)c3)cc2)c2cc(-c3cccc(O)c3)ccc12. The highest BCUT2D eigenvalue weighted by Gasteiger charge is 2.13. The molecular weight excluding hydrogens is 469 g/mol. The lowest BCUT2D eigenvalue weighted by Crippen LogP contribution is -2.00. The van der Waals surface area contributed by atoms with Gasteiger partial charge in [-0.1, -0.05) is 56.3 Å². The highest BCUT2D eigenvalue weighted by atomic mass is 19.1. The summed E-state index contributed by atoms with van der Waals surface area (Å²) in [5.74, 6) is -0.0488. The first-order valence-electron chi connectivity index (χ1n) is 12.1. The first kappa shape index (κ1) is 25.5. The van der Waals surface area contributed by atoms with Gasteiger partial charge in [-0.15, -0.1) is 0 Å². The van der Waals surface area contributed by atoms with Crippen molar-refractivity contribution in [2.75, 3.05) is 0 Å². The van der Waals surface area contributed by atoms with Crippen molar-refractivity contribution in [1.82, 2.24) is 4.57 Å². The van der Waals surface area contributed by atoms with Crippen LogP contribution in [0.15, 0.2) is 97.2 Å². The van der Waals surface area contributed by atoms with E-state index in [4.69, 9.17) is 4.74 Å². The molecule has 5 aromatic rings. The minimum absolute atomic E-state index is 0.0740. The third kappa shape index (κ3) is 6.16. The van der Waals surface area contributed by atoms with Crippen molar-refractivity contribution < 1.29 is 24.1 Å². The van der Waals surface area contributed by atoms with Gasteiger partial charge in [-0.2, -0.15) is 0 Å². The number of halogens is 1. The molecule has 0 amide bonds. The number of phenolic OH excluding ortho intramolecular Hbond substituents is 1. The van der Waals surface area contributed by atoms with Crippen LogP contribution in [0.25, 0.3) is 22.0 Å². The summed E-state index contributed by atoms with van der Waals surface area (Å²) in [5, 5.41) is 20.1. The summed E-state index contributed by atoms with van der Waals surface area (Å²) in [5.41, 5.74) is 4.44. The maximum atomic E-state index is 13.4. The Morgan fingerprint density at radius 1 is 0.865 bits per heavy atom. The van der Waals surface area contributed by atoms with Crippen LogP contribution in [0.2, 0.25) is 0 Å². The van der Waals surface area contributed by atoms with Gasteiger partial charge in [0, 0.05) is 29.7 Å². The molecule has 1 aromatic heterocycles. The van der Waals surface area contributed by atoms with Gasteiger partial charge in [0.15, 0.2) is 0 Å². The summed E-state index contributed by atoms with van der Waals surface area (Å²) in [6.07, 6.45) is 1.80. The van der Waals surface area contributed by atoms with Crippen molar-refractivity contribution in [3.05, 3.63) is 114 Å². The smallest absolute Gasteiger partial charge is 0.307 e. The molecular formula is C31H28FNO4. The average Bonchev–Trinajstić information content (AvgIpc) is 3.22. The van der Waals surface area contributed by atoms with Crippen LogP contribution in [0.1, 0.15) is 25.0 Å². The van der Waals surface area contributed by atoms with Crippen LogP contribution < -0.4 is 4.74 Å². The lowest BCUT2D eigenvalue weighted by molar-refractivity contribution is -0.136. The van der Waals surface area contributed by atoms with Gasteiger partial charge >= 0.3 is 5.97 Å². The number of hydrogen-bond acceptors (Lipinski definition) is 3. The van der Waals surface area contributed by atoms with Crippen molar-refractivity contribution >= 4 is 16.9 Å². The molecule has 188 valence electrons. The molecule has 4 aromatic carbocycles. The molecule has 0 spiro atoms. The number of carboxylic acid groups (broad SMARTS) is 1. The van der Waals surface area contributed by atoms with Crippen LogP contribution in [0.4, 0.5) is 4.39 Å². The highest BCUT2D eigenvalue weighted by Crippen LogP contribution is 2.31. The molecule has 0 unspecified atom stereocenters.